The molecule has 2 heterocycles. The third-order valence-electron chi connectivity index (χ3n) is 5.43. The van der Waals surface area contributed by atoms with E-state index in [2.05, 4.69) is 12.1 Å². The van der Waals surface area contributed by atoms with Crippen molar-refractivity contribution in [3.8, 4) is 0 Å². The summed E-state index contributed by atoms with van der Waals surface area (Å²) in [6.45, 7) is 1.14. The van der Waals surface area contributed by atoms with E-state index in [0.29, 0.717) is 24.4 Å². The van der Waals surface area contributed by atoms with Gasteiger partial charge in [0, 0.05) is 30.6 Å². The molecule has 7 nitrogen and oxygen atoms in total. The van der Waals surface area contributed by atoms with Gasteiger partial charge in [0.15, 0.2) is 0 Å². The topological polar surface area (TPSA) is 93.7 Å². The summed E-state index contributed by atoms with van der Waals surface area (Å²) in [6.07, 6.45) is 2.71. The van der Waals surface area contributed by atoms with Crippen LogP contribution in [0.15, 0.2) is 63.8 Å². The van der Waals surface area contributed by atoms with Crippen LogP contribution in [-0.4, -0.2) is 28.8 Å². The fraction of sp³-hybridized carbons (Fsp3) is 0.273. The SMILES string of the molecule is O=C(c1cc2cc([N+](=O)[O-])ccc2oc1=O)N1CCC(Cc2ccccc2)CC1. The monoisotopic (exact) mass is 392 g/mol. The van der Waals surface area contributed by atoms with E-state index >= 15 is 0 Å². The van der Waals surface area contributed by atoms with E-state index in [1.54, 1.807) is 4.90 Å². The number of fused-ring (bicyclic) bond motifs is 1. The van der Waals surface area contributed by atoms with Crippen LogP contribution in [0.25, 0.3) is 11.0 Å². The number of non-ortho nitro benzene ring substituents is 1. The number of piperidine rings is 1. The van der Waals surface area contributed by atoms with Gasteiger partial charge in [0.25, 0.3) is 11.6 Å². The van der Waals surface area contributed by atoms with E-state index in [-0.39, 0.29) is 22.7 Å². The fourth-order valence-corrected chi connectivity index (χ4v) is 3.83. The normalized spacial score (nSPS) is 14.8. The molecule has 0 radical (unpaired) electrons. The van der Waals surface area contributed by atoms with Crippen molar-refractivity contribution in [2.45, 2.75) is 19.3 Å². The van der Waals surface area contributed by atoms with Gasteiger partial charge in [-0.25, -0.2) is 4.79 Å². The Balaban J connectivity index is 1.49. The van der Waals surface area contributed by atoms with E-state index < -0.39 is 10.5 Å². The maximum absolute atomic E-state index is 12.9. The van der Waals surface area contributed by atoms with Crippen LogP contribution in [0, 0.1) is 16.0 Å². The molecule has 0 unspecified atom stereocenters. The molecule has 1 fully saturated rings. The Hall–Kier alpha value is -3.48. The summed E-state index contributed by atoms with van der Waals surface area (Å²) in [4.78, 5) is 37.3. The zero-order valence-electron chi connectivity index (χ0n) is 15.7. The Kier molecular flexibility index (Phi) is 5.12. The van der Waals surface area contributed by atoms with E-state index in [9.17, 15) is 19.7 Å². The minimum Gasteiger partial charge on any atom is -0.422 e. The molecule has 1 aliphatic heterocycles. The van der Waals surface area contributed by atoms with E-state index in [1.807, 2.05) is 18.2 Å². The molecule has 0 saturated carbocycles. The highest BCUT2D eigenvalue weighted by Gasteiger charge is 2.26. The lowest BCUT2D eigenvalue weighted by molar-refractivity contribution is -0.384. The van der Waals surface area contributed by atoms with Crippen molar-refractivity contribution in [1.82, 2.24) is 4.90 Å². The van der Waals surface area contributed by atoms with E-state index in [1.165, 1.54) is 29.8 Å². The summed E-state index contributed by atoms with van der Waals surface area (Å²) < 4.78 is 5.21. The van der Waals surface area contributed by atoms with Crippen molar-refractivity contribution in [3.63, 3.8) is 0 Å². The second kappa shape index (κ2) is 7.87. The standard InChI is InChI=1S/C22H20N2O5/c25-21(23-10-8-16(9-11-23)12-15-4-2-1-3-5-15)19-14-17-13-18(24(27)28)6-7-20(17)29-22(19)26/h1-7,13-14,16H,8-12H2. The molecule has 4 rings (SSSR count). The van der Waals surface area contributed by atoms with Gasteiger partial charge >= 0.3 is 5.63 Å². The number of hydrogen-bond acceptors (Lipinski definition) is 5. The van der Waals surface area contributed by atoms with Gasteiger partial charge in [-0.1, -0.05) is 30.3 Å². The van der Waals surface area contributed by atoms with Crippen LogP contribution in [-0.2, 0) is 6.42 Å². The third-order valence-corrected chi connectivity index (χ3v) is 5.43. The van der Waals surface area contributed by atoms with Crippen LogP contribution in [0.4, 0.5) is 5.69 Å². The molecule has 0 aliphatic carbocycles. The first-order chi connectivity index (χ1) is 14.0. The highest BCUT2D eigenvalue weighted by Crippen LogP contribution is 2.24. The Morgan fingerprint density at radius 1 is 1.10 bits per heavy atom. The van der Waals surface area contributed by atoms with Crippen molar-refractivity contribution < 1.29 is 14.1 Å². The van der Waals surface area contributed by atoms with Crippen molar-refractivity contribution in [2.75, 3.05) is 13.1 Å². The lowest BCUT2D eigenvalue weighted by atomic mass is 9.90. The number of nitrogens with zero attached hydrogens (tertiary/aromatic N) is 2. The number of likely N-dealkylation sites (tertiary alicyclic amines) is 1. The fourth-order valence-electron chi connectivity index (χ4n) is 3.83. The van der Waals surface area contributed by atoms with Crippen molar-refractivity contribution in [2.24, 2.45) is 5.92 Å². The number of nitro groups is 1. The van der Waals surface area contributed by atoms with Crippen LogP contribution in [0.3, 0.4) is 0 Å². The second-order valence-electron chi connectivity index (χ2n) is 7.35. The smallest absolute Gasteiger partial charge is 0.349 e. The number of rotatable bonds is 4. The summed E-state index contributed by atoms with van der Waals surface area (Å²) in [7, 11) is 0. The first-order valence-electron chi connectivity index (χ1n) is 9.57. The molecule has 1 saturated heterocycles. The first-order valence-corrected chi connectivity index (χ1v) is 9.57. The molecule has 1 aromatic heterocycles. The number of amides is 1. The molecule has 29 heavy (non-hydrogen) atoms. The number of carbonyl (C=O) groups is 1. The lowest BCUT2D eigenvalue weighted by Gasteiger charge is -2.32. The molecule has 0 bridgehead atoms. The van der Waals surface area contributed by atoms with E-state index in [4.69, 9.17) is 4.42 Å². The molecule has 1 amide bonds. The molecular weight excluding hydrogens is 372 g/mol. The Bertz CT molecular complexity index is 1120. The molecule has 148 valence electrons. The summed E-state index contributed by atoms with van der Waals surface area (Å²) in [6, 6.07) is 15.6. The summed E-state index contributed by atoms with van der Waals surface area (Å²) in [5.41, 5.74) is 0.585. The quantitative estimate of drug-likeness (QED) is 0.382. The Labute approximate surface area is 166 Å². The Morgan fingerprint density at radius 3 is 2.52 bits per heavy atom. The molecule has 3 aromatic rings. The van der Waals surface area contributed by atoms with E-state index in [0.717, 1.165) is 19.3 Å². The van der Waals surface area contributed by atoms with Crippen LogP contribution < -0.4 is 5.63 Å². The van der Waals surface area contributed by atoms with Gasteiger partial charge < -0.3 is 9.32 Å². The zero-order chi connectivity index (χ0) is 20.4. The molecular formula is C22H20N2O5. The average molecular weight is 392 g/mol. The van der Waals surface area contributed by atoms with Gasteiger partial charge in [-0.15, -0.1) is 0 Å². The number of benzene rings is 2. The van der Waals surface area contributed by atoms with Crippen LogP contribution in [0.1, 0.15) is 28.8 Å². The highest BCUT2D eigenvalue weighted by atomic mass is 16.6. The molecule has 2 aromatic carbocycles. The van der Waals surface area contributed by atoms with Crippen LogP contribution in [0.5, 0.6) is 0 Å². The highest BCUT2D eigenvalue weighted by molar-refractivity contribution is 5.97. The summed E-state index contributed by atoms with van der Waals surface area (Å²) in [5, 5.41) is 11.3. The summed E-state index contributed by atoms with van der Waals surface area (Å²) >= 11 is 0. The first kappa shape index (κ1) is 18.9. The minimum atomic E-state index is -0.720. The second-order valence-corrected chi connectivity index (χ2v) is 7.35. The maximum atomic E-state index is 12.9. The third kappa shape index (κ3) is 4.03. The molecule has 7 heteroatoms. The maximum Gasteiger partial charge on any atom is 0.349 e. The van der Waals surface area contributed by atoms with Crippen LogP contribution in [0.2, 0.25) is 0 Å². The van der Waals surface area contributed by atoms with Crippen LogP contribution >= 0.6 is 0 Å². The minimum absolute atomic E-state index is 0.0838. The van der Waals surface area contributed by atoms with Gasteiger partial charge in [-0.3, -0.25) is 14.9 Å². The Morgan fingerprint density at radius 2 is 1.83 bits per heavy atom. The van der Waals surface area contributed by atoms with Crippen molar-refractivity contribution in [3.05, 3.63) is 86.3 Å². The van der Waals surface area contributed by atoms with Gasteiger partial charge in [0.2, 0.25) is 0 Å². The lowest BCUT2D eigenvalue weighted by Crippen LogP contribution is -2.40. The molecule has 1 aliphatic rings. The van der Waals surface area contributed by atoms with Crippen molar-refractivity contribution >= 4 is 22.6 Å². The molecule has 0 atom stereocenters. The van der Waals surface area contributed by atoms with Gasteiger partial charge in [0.05, 0.1) is 4.92 Å². The number of hydrogen-bond donors (Lipinski definition) is 0. The largest absolute Gasteiger partial charge is 0.422 e. The van der Waals surface area contributed by atoms with Gasteiger partial charge in [0.1, 0.15) is 11.1 Å². The molecule has 0 N–H and O–H groups in total. The molecule has 0 spiro atoms. The summed E-state index contributed by atoms with van der Waals surface area (Å²) in [5.74, 6) is 0.113. The predicted molar refractivity (Wildman–Crippen MR) is 108 cm³/mol. The van der Waals surface area contributed by atoms with Gasteiger partial charge in [-0.05, 0) is 42.9 Å². The zero-order valence-corrected chi connectivity index (χ0v) is 15.7. The number of nitro benzene ring substituents is 1. The average Bonchev–Trinajstić information content (AvgIpc) is 2.73. The van der Waals surface area contributed by atoms with Crippen molar-refractivity contribution in [1.29, 1.82) is 0 Å². The number of carbonyl (C=O) groups excluding carboxylic acids is 1. The van der Waals surface area contributed by atoms with Gasteiger partial charge in [-0.2, -0.15) is 0 Å². The predicted octanol–water partition coefficient (Wildman–Crippen LogP) is 3.80.